The van der Waals surface area contributed by atoms with Crippen LogP contribution in [0.4, 0.5) is 5.69 Å². The van der Waals surface area contributed by atoms with E-state index >= 15 is 0 Å². The van der Waals surface area contributed by atoms with Crippen LogP contribution in [0.25, 0.3) is 0 Å². The largest absolute Gasteiger partial charge is 0.368 e. The van der Waals surface area contributed by atoms with Crippen molar-refractivity contribution in [2.75, 3.05) is 13.1 Å². The Morgan fingerprint density at radius 3 is 2.82 bits per heavy atom. The van der Waals surface area contributed by atoms with Crippen LogP contribution in [0.3, 0.4) is 0 Å². The number of ether oxygens (including phenoxy) is 1. The van der Waals surface area contributed by atoms with E-state index in [9.17, 15) is 10.1 Å². The fourth-order valence-corrected chi connectivity index (χ4v) is 2.01. The molecule has 0 unspecified atom stereocenters. The summed E-state index contributed by atoms with van der Waals surface area (Å²) < 4.78 is 6.40. The second-order valence-electron chi connectivity index (χ2n) is 4.37. The van der Waals surface area contributed by atoms with Gasteiger partial charge in [-0.3, -0.25) is 10.1 Å². The number of nitro groups is 1. The summed E-state index contributed by atoms with van der Waals surface area (Å²) in [6, 6.07) is 5.00. The summed E-state index contributed by atoms with van der Waals surface area (Å²) in [6.07, 6.45) is 0. The van der Waals surface area contributed by atoms with Crippen molar-refractivity contribution in [2.45, 2.75) is 19.1 Å². The molecule has 1 aromatic carbocycles. The molecule has 0 saturated carbocycles. The molecule has 0 radical (unpaired) electrons. The summed E-state index contributed by atoms with van der Waals surface area (Å²) in [4.78, 5) is 10.5. The molecule has 0 bridgehead atoms. The molecule has 6 heteroatoms. The quantitative estimate of drug-likeness (QED) is 0.684. The molecular weight excluding hydrogens is 288 g/mol. The summed E-state index contributed by atoms with van der Waals surface area (Å²) in [5, 5.41) is 14.0. The Balaban J connectivity index is 2.12. The lowest BCUT2D eigenvalue weighted by atomic mass is 10.00. The van der Waals surface area contributed by atoms with Crippen molar-refractivity contribution in [2.24, 2.45) is 0 Å². The lowest BCUT2D eigenvalue weighted by molar-refractivity contribution is -0.386. The van der Waals surface area contributed by atoms with Crippen LogP contribution in [0, 0.1) is 10.1 Å². The number of rotatable bonds is 4. The van der Waals surface area contributed by atoms with Gasteiger partial charge in [0.25, 0.3) is 5.69 Å². The fourth-order valence-electron chi connectivity index (χ4n) is 1.66. The molecule has 0 atom stereocenters. The predicted octanol–water partition coefficient (Wildman–Crippen LogP) is 2.24. The van der Waals surface area contributed by atoms with Crippen molar-refractivity contribution in [3.63, 3.8) is 0 Å². The van der Waals surface area contributed by atoms with Crippen LogP contribution < -0.4 is 5.32 Å². The lowest BCUT2D eigenvalue weighted by Crippen LogP contribution is -2.58. The minimum Gasteiger partial charge on any atom is -0.368 e. The van der Waals surface area contributed by atoms with Gasteiger partial charge in [-0.2, -0.15) is 0 Å². The minimum absolute atomic E-state index is 0.0928. The molecule has 0 aromatic heterocycles. The van der Waals surface area contributed by atoms with E-state index in [-0.39, 0.29) is 22.8 Å². The van der Waals surface area contributed by atoms with E-state index in [1.54, 1.807) is 12.1 Å². The summed E-state index contributed by atoms with van der Waals surface area (Å²) in [5.74, 6) is 0. The normalized spacial score (nSPS) is 17.5. The highest BCUT2D eigenvalue weighted by molar-refractivity contribution is 9.10. The first kappa shape index (κ1) is 12.5. The van der Waals surface area contributed by atoms with Gasteiger partial charge in [0.1, 0.15) is 0 Å². The summed E-state index contributed by atoms with van der Waals surface area (Å²) in [6.45, 7) is 3.84. The van der Waals surface area contributed by atoms with E-state index < -0.39 is 0 Å². The number of nitrogens with zero attached hydrogens (tertiary/aromatic N) is 1. The Labute approximate surface area is 107 Å². The van der Waals surface area contributed by atoms with E-state index in [2.05, 4.69) is 21.2 Å². The molecule has 0 amide bonds. The first-order valence-corrected chi connectivity index (χ1v) is 6.07. The van der Waals surface area contributed by atoms with Crippen LogP contribution in [-0.2, 0) is 11.3 Å². The number of hydrogen-bond acceptors (Lipinski definition) is 4. The van der Waals surface area contributed by atoms with E-state index in [1.807, 2.05) is 6.92 Å². The van der Waals surface area contributed by atoms with Crippen molar-refractivity contribution in [3.8, 4) is 0 Å². The molecule has 1 heterocycles. The van der Waals surface area contributed by atoms with Crippen LogP contribution in [0.1, 0.15) is 12.5 Å². The smallest absolute Gasteiger partial charge is 0.276 e. The van der Waals surface area contributed by atoms with E-state index in [1.165, 1.54) is 6.07 Å². The monoisotopic (exact) mass is 300 g/mol. The van der Waals surface area contributed by atoms with Gasteiger partial charge in [-0.15, -0.1) is 0 Å². The third-order valence-electron chi connectivity index (χ3n) is 2.82. The standard InChI is InChI=1S/C11H13BrN2O3/c1-11(6-13-7-11)17-5-8-2-3-9(12)4-10(8)14(15)16/h2-4,13H,5-7H2,1H3. The zero-order chi connectivity index (χ0) is 12.5. The lowest BCUT2D eigenvalue weighted by Gasteiger charge is -2.39. The summed E-state index contributed by atoms with van der Waals surface area (Å²) in [7, 11) is 0. The Bertz CT molecular complexity index is 446. The molecule has 92 valence electrons. The van der Waals surface area contributed by atoms with E-state index in [4.69, 9.17) is 4.74 Å². The molecule has 2 rings (SSSR count). The molecule has 1 aliphatic rings. The Morgan fingerprint density at radius 1 is 1.59 bits per heavy atom. The van der Waals surface area contributed by atoms with Crippen molar-refractivity contribution in [1.29, 1.82) is 0 Å². The SMILES string of the molecule is CC1(OCc2ccc(Br)cc2[N+](=O)[O-])CNC1. The van der Waals surface area contributed by atoms with Gasteiger partial charge >= 0.3 is 0 Å². The highest BCUT2D eigenvalue weighted by Gasteiger charge is 2.33. The average molecular weight is 301 g/mol. The summed E-state index contributed by atoms with van der Waals surface area (Å²) in [5.41, 5.74) is 0.502. The van der Waals surface area contributed by atoms with Gasteiger partial charge in [-0.1, -0.05) is 15.9 Å². The molecule has 1 N–H and O–H groups in total. The van der Waals surface area contributed by atoms with E-state index in [0.717, 1.165) is 13.1 Å². The molecular formula is C11H13BrN2O3. The third-order valence-corrected chi connectivity index (χ3v) is 3.31. The maximum atomic E-state index is 10.9. The number of halogens is 1. The van der Waals surface area contributed by atoms with Crippen LogP contribution >= 0.6 is 15.9 Å². The molecule has 0 spiro atoms. The second kappa shape index (κ2) is 4.72. The Kier molecular flexibility index (Phi) is 3.46. The van der Waals surface area contributed by atoms with Gasteiger partial charge in [-0.25, -0.2) is 0 Å². The first-order chi connectivity index (χ1) is 8.00. The van der Waals surface area contributed by atoms with Crippen molar-refractivity contribution in [1.82, 2.24) is 5.32 Å². The van der Waals surface area contributed by atoms with Crippen LogP contribution in [0.2, 0.25) is 0 Å². The van der Waals surface area contributed by atoms with Gasteiger partial charge in [-0.05, 0) is 19.1 Å². The minimum atomic E-state index is -0.384. The van der Waals surface area contributed by atoms with Gasteiger partial charge in [0, 0.05) is 23.6 Å². The Morgan fingerprint density at radius 2 is 2.29 bits per heavy atom. The van der Waals surface area contributed by atoms with Crippen molar-refractivity contribution in [3.05, 3.63) is 38.3 Å². The second-order valence-corrected chi connectivity index (χ2v) is 5.29. The number of nitrogens with one attached hydrogen (secondary N) is 1. The molecule has 5 nitrogen and oxygen atoms in total. The topological polar surface area (TPSA) is 64.4 Å². The van der Waals surface area contributed by atoms with Crippen molar-refractivity contribution >= 4 is 21.6 Å². The number of hydrogen-bond donors (Lipinski definition) is 1. The highest BCUT2D eigenvalue weighted by Crippen LogP contribution is 2.26. The van der Waals surface area contributed by atoms with Crippen molar-refractivity contribution < 1.29 is 9.66 Å². The van der Waals surface area contributed by atoms with Crippen LogP contribution in [-0.4, -0.2) is 23.6 Å². The fraction of sp³-hybridized carbons (Fsp3) is 0.455. The van der Waals surface area contributed by atoms with Gasteiger partial charge in [0.15, 0.2) is 0 Å². The molecule has 1 saturated heterocycles. The highest BCUT2D eigenvalue weighted by atomic mass is 79.9. The third kappa shape index (κ3) is 2.83. The molecule has 1 aliphatic heterocycles. The predicted molar refractivity (Wildman–Crippen MR) is 66.9 cm³/mol. The zero-order valence-corrected chi connectivity index (χ0v) is 11.0. The first-order valence-electron chi connectivity index (χ1n) is 5.28. The summed E-state index contributed by atoms with van der Waals surface area (Å²) >= 11 is 3.22. The zero-order valence-electron chi connectivity index (χ0n) is 9.40. The van der Waals surface area contributed by atoms with Gasteiger partial charge in [0.05, 0.1) is 22.7 Å². The molecule has 0 aliphatic carbocycles. The van der Waals surface area contributed by atoms with Crippen LogP contribution in [0.15, 0.2) is 22.7 Å². The molecule has 17 heavy (non-hydrogen) atoms. The Hall–Kier alpha value is -0.980. The van der Waals surface area contributed by atoms with E-state index in [0.29, 0.717) is 10.0 Å². The van der Waals surface area contributed by atoms with Gasteiger partial charge in [0.2, 0.25) is 0 Å². The van der Waals surface area contributed by atoms with Gasteiger partial charge < -0.3 is 10.1 Å². The number of nitro benzene ring substituents is 1. The van der Waals surface area contributed by atoms with Crippen LogP contribution in [0.5, 0.6) is 0 Å². The molecule has 1 fully saturated rings. The number of benzene rings is 1. The molecule has 1 aromatic rings. The maximum absolute atomic E-state index is 10.9. The maximum Gasteiger partial charge on any atom is 0.276 e. The average Bonchev–Trinajstić information content (AvgIpc) is 2.24.